The van der Waals surface area contributed by atoms with Crippen LogP contribution in [0.4, 0.5) is 0 Å². The maximum atomic E-state index is 10.7. The van der Waals surface area contributed by atoms with Crippen LogP contribution in [-0.2, 0) is 9.59 Å². The zero-order valence-electron chi connectivity index (χ0n) is 7.52. The summed E-state index contributed by atoms with van der Waals surface area (Å²) >= 11 is 0. The van der Waals surface area contributed by atoms with Crippen LogP contribution in [0.5, 0.6) is 0 Å². The molecule has 0 saturated heterocycles. The van der Waals surface area contributed by atoms with Crippen LogP contribution in [0.25, 0.3) is 0 Å². The van der Waals surface area contributed by atoms with E-state index in [2.05, 4.69) is 5.32 Å². The molecular formula is C8H15NO2. The van der Waals surface area contributed by atoms with Crippen molar-refractivity contribution < 1.29 is 9.59 Å². The molecule has 0 heterocycles. The zero-order chi connectivity index (χ0) is 9.07. The van der Waals surface area contributed by atoms with Gasteiger partial charge in [0.25, 0.3) is 0 Å². The highest BCUT2D eigenvalue weighted by molar-refractivity contribution is 5.79. The average Bonchev–Trinajstić information content (AvgIpc) is 1.53. The van der Waals surface area contributed by atoms with Crippen LogP contribution in [0.15, 0.2) is 0 Å². The largest absolute Gasteiger partial charge is 0.351 e. The van der Waals surface area contributed by atoms with E-state index in [0.717, 1.165) is 0 Å². The maximum Gasteiger partial charge on any atom is 0.217 e. The molecule has 0 aromatic carbocycles. The van der Waals surface area contributed by atoms with Gasteiger partial charge in [-0.15, -0.1) is 0 Å². The number of ketones is 1. The molecule has 0 atom stereocenters. The molecular weight excluding hydrogens is 142 g/mol. The van der Waals surface area contributed by atoms with E-state index in [0.29, 0.717) is 6.42 Å². The monoisotopic (exact) mass is 157 g/mol. The maximum absolute atomic E-state index is 10.7. The lowest BCUT2D eigenvalue weighted by Gasteiger charge is -2.23. The van der Waals surface area contributed by atoms with Crippen molar-refractivity contribution in [2.24, 2.45) is 0 Å². The molecule has 0 saturated carbocycles. The van der Waals surface area contributed by atoms with Gasteiger partial charge >= 0.3 is 0 Å². The number of carbonyl (C=O) groups excluding carboxylic acids is 2. The van der Waals surface area contributed by atoms with Gasteiger partial charge in [-0.1, -0.05) is 0 Å². The van der Waals surface area contributed by atoms with Crippen LogP contribution in [0.2, 0.25) is 0 Å². The van der Waals surface area contributed by atoms with Crippen LogP contribution in [0, 0.1) is 0 Å². The Hall–Kier alpha value is -0.860. The lowest BCUT2D eigenvalue weighted by molar-refractivity contribution is -0.122. The summed E-state index contributed by atoms with van der Waals surface area (Å²) in [6.07, 6.45) is 0.382. The third kappa shape index (κ3) is 5.58. The summed E-state index contributed by atoms with van der Waals surface area (Å²) in [5.41, 5.74) is -0.405. The van der Waals surface area contributed by atoms with Gasteiger partial charge in [0.15, 0.2) is 0 Å². The minimum absolute atomic E-state index is 0.0868. The molecule has 0 aliphatic heterocycles. The standard InChI is InChI=1S/C8H15NO2/c1-6(10)5-8(3,4)9-7(2)11/h5H2,1-4H3,(H,9,11). The van der Waals surface area contributed by atoms with Crippen LogP contribution < -0.4 is 5.32 Å². The molecule has 1 amide bonds. The molecule has 0 radical (unpaired) electrons. The molecule has 0 aromatic heterocycles. The van der Waals surface area contributed by atoms with Crippen molar-refractivity contribution >= 4 is 11.7 Å². The Morgan fingerprint density at radius 3 is 2.00 bits per heavy atom. The predicted molar refractivity (Wildman–Crippen MR) is 43.2 cm³/mol. The molecule has 0 aromatic rings. The summed E-state index contributed by atoms with van der Waals surface area (Å²) in [5, 5.41) is 2.69. The van der Waals surface area contributed by atoms with E-state index in [-0.39, 0.29) is 11.7 Å². The molecule has 0 unspecified atom stereocenters. The Labute approximate surface area is 67.2 Å². The summed E-state index contributed by atoms with van der Waals surface area (Å²) in [6.45, 7) is 6.62. The van der Waals surface area contributed by atoms with E-state index in [1.54, 1.807) is 0 Å². The van der Waals surface area contributed by atoms with Gasteiger partial charge in [-0.25, -0.2) is 0 Å². The number of Topliss-reactive ketones (excluding diaryl/α,β-unsaturated/α-hetero) is 1. The minimum Gasteiger partial charge on any atom is -0.351 e. The van der Waals surface area contributed by atoms with Gasteiger partial charge in [-0.05, 0) is 20.8 Å². The number of carbonyl (C=O) groups is 2. The molecule has 0 aliphatic carbocycles. The first kappa shape index (κ1) is 10.1. The van der Waals surface area contributed by atoms with E-state index in [1.165, 1.54) is 13.8 Å². The smallest absolute Gasteiger partial charge is 0.217 e. The van der Waals surface area contributed by atoms with E-state index in [9.17, 15) is 9.59 Å². The topological polar surface area (TPSA) is 46.2 Å². The fourth-order valence-electron chi connectivity index (χ4n) is 1.14. The van der Waals surface area contributed by atoms with Gasteiger partial charge < -0.3 is 5.32 Å². The Morgan fingerprint density at radius 2 is 1.73 bits per heavy atom. The van der Waals surface area contributed by atoms with Crippen molar-refractivity contribution in [2.45, 2.75) is 39.7 Å². The Balaban J connectivity index is 3.99. The van der Waals surface area contributed by atoms with Crippen LogP contribution >= 0.6 is 0 Å². The number of amides is 1. The zero-order valence-corrected chi connectivity index (χ0v) is 7.52. The Morgan fingerprint density at radius 1 is 1.27 bits per heavy atom. The first-order valence-electron chi connectivity index (χ1n) is 3.62. The Kier molecular flexibility index (Phi) is 3.23. The van der Waals surface area contributed by atoms with Crippen molar-refractivity contribution in [3.05, 3.63) is 0 Å². The quantitative estimate of drug-likeness (QED) is 0.661. The van der Waals surface area contributed by atoms with Gasteiger partial charge in [-0.2, -0.15) is 0 Å². The second-order valence-corrected chi connectivity index (χ2v) is 3.44. The molecule has 0 rings (SSSR count). The van der Waals surface area contributed by atoms with Crippen molar-refractivity contribution in [3.63, 3.8) is 0 Å². The summed E-state index contributed by atoms with van der Waals surface area (Å²) in [4.78, 5) is 21.3. The van der Waals surface area contributed by atoms with Crippen molar-refractivity contribution in [1.82, 2.24) is 5.32 Å². The van der Waals surface area contributed by atoms with Gasteiger partial charge in [0, 0.05) is 18.9 Å². The normalized spacial score (nSPS) is 10.9. The number of nitrogens with one attached hydrogen (secondary N) is 1. The third-order valence-electron chi connectivity index (χ3n) is 1.21. The molecule has 11 heavy (non-hydrogen) atoms. The van der Waals surface area contributed by atoms with E-state index < -0.39 is 5.54 Å². The lowest BCUT2D eigenvalue weighted by atomic mass is 9.98. The van der Waals surface area contributed by atoms with Crippen molar-refractivity contribution in [3.8, 4) is 0 Å². The summed E-state index contributed by atoms with van der Waals surface area (Å²) in [7, 11) is 0. The predicted octanol–water partition coefficient (Wildman–Crippen LogP) is 0.880. The summed E-state index contributed by atoms with van der Waals surface area (Å²) < 4.78 is 0. The molecule has 3 nitrogen and oxygen atoms in total. The van der Waals surface area contributed by atoms with Crippen molar-refractivity contribution in [2.75, 3.05) is 0 Å². The summed E-state index contributed by atoms with van der Waals surface area (Å²) in [6, 6.07) is 0. The molecule has 0 bridgehead atoms. The van der Waals surface area contributed by atoms with Gasteiger partial charge in [0.1, 0.15) is 5.78 Å². The van der Waals surface area contributed by atoms with Crippen molar-refractivity contribution in [1.29, 1.82) is 0 Å². The first-order chi connectivity index (χ1) is 4.83. The minimum atomic E-state index is -0.405. The van der Waals surface area contributed by atoms with Crippen LogP contribution in [-0.4, -0.2) is 17.2 Å². The van der Waals surface area contributed by atoms with Crippen LogP contribution in [0.3, 0.4) is 0 Å². The highest BCUT2D eigenvalue weighted by Crippen LogP contribution is 2.07. The summed E-state index contributed by atoms with van der Waals surface area (Å²) in [5.74, 6) is -0.0139. The van der Waals surface area contributed by atoms with E-state index in [1.807, 2.05) is 13.8 Å². The van der Waals surface area contributed by atoms with E-state index in [4.69, 9.17) is 0 Å². The van der Waals surface area contributed by atoms with Gasteiger partial charge in [0.05, 0.1) is 0 Å². The fraction of sp³-hybridized carbons (Fsp3) is 0.750. The van der Waals surface area contributed by atoms with Gasteiger partial charge in [-0.3, -0.25) is 9.59 Å². The number of hydrogen-bond acceptors (Lipinski definition) is 2. The molecule has 1 N–H and O–H groups in total. The second kappa shape index (κ2) is 3.51. The van der Waals surface area contributed by atoms with E-state index >= 15 is 0 Å². The first-order valence-corrected chi connectivity index (χ1v) is 3.62. The fourth-order valence-corrected chi connectivity index (χ4v) is 1.14. The highest BCUT2D eigenvalue weighted by Gasteiger charge is 2.20. The van der Waals surface area contributed by atoms with Gasteiger partial charge in [0.2, 0.25) is 5.91 Å². The molecule has 0 spiro atoms. The second-order valence-electron chi connectivity index (χ2n) is 3.44. The lowest BCUT2D eigenvalue weighted by Crippen LogP contribution is -2.43. The molecule has 64 valence electrons. The third-order valence-corrected chi connectivity index (χ3v) is 1.21. The number of rotatable bonds is 3. The highest BCUT2D eigenvalue weighted by atomic mass is 16.1. The SMILES string of the molecule is CC(=O)CC(C)(C)NC(C)=O. The van der Waals surface area contributed by atoms with Crippen LogP contribution in [0.1, 0.15) is 34.1 Å². The molecule has 0 fully saturated rings. The number of hydrogen-bond donors (Lipinski definition) is 1. The molecule has 3 heteroatoms. The Bertz CT molecular complexity index is 155. The average molecular weight is 157 g/mol. The molecule has 0 aliphatic rings.